The van der Waals surface area contributed by atoms with E-state index in [1.807, 2.05) is 12.1 Å². The van der Waals surface area contributed by atoms with Crippen LogP contribution >= 0.6 is 11.6 Å². The molecule has 0 spiro atoms. The van der Waals surface area contributed by atoms with Crippen LogP contribution in [0.4, 0.5) is 4.79 Å². The maximum absolute atomic E-state index is 14.3. The van der Waals surface area contributed by atoms with Crippen molar-refractivity contribution in [3.63, 3.8) is 0 Å². The standard InChI is InChI=1S/C47H63ClN2O13/c1-3-22-60-47-42(50(18-25-57-26-21-53)46(55)59-24-17-48)30-39(49-63-43-12-6-9-23-58-43)37-28-32(10-4-7-19-51)36(11-5-8-20-52)44(45(37)47)38-29-35(14-16-41(38)62-47)61-34-13-15-40(56-2)33(27-34)31-54/h3,13-16,27-29,31-32,36,42-45,51-53H,1,4-12,17-26,30H2,2H3. The first-order valence-electron chi connectivity index (χ1n) is 22.2. The smallest absolute Gasteiger partial charge is 0.410 e. The van der Waals surface area contributed by atoms with Crippen LogP contribution in [0.1, 0.15) is 86.0 Å². The number of nitrogens with zero attached hydrogens (tertiary/aromatic N) is 2. The van der Waals surface area contributed by atoms with Gasteiger partial charge in [0.2, 0.25) is 12.1 Å². The number of alkyl halides is 1. The molecule has 2 fully saturated rings. The molecule has 0 radical (unpaired) electrons. The lowest BCUT2D eigenvalue weighted by Gasteiger charge is -2.59. The van der Waals surface area contributed by atoms with Crippen molar-refractivity contribution in [2.24, 2.45) is 22.9 Å². The van der Waals surface area contributed by atoms with E-state index in [1.54, 1.807) is 35.2 Å². The molecular formula is C47H63ClN2O13. The van der Waals surface area contributed by atoms with E-state index in [0.717, 1.165) is 55.9 Å². The fraction of sp³-hybridized carbons (Fsp3) is 0.596. The van der Waals surface area contributed by atoms with Gasteiger partial charge in [-0.3, -0.25) is 9.69 Å². The molecule has 7 atom stereocenters. The number of unbranched alkanes of at least 4 members (excludes halogenated alkanes) is 2. The molecule has 1 saturated heterocycles. The van der Waals surface area contributed by atoms with Gasteiger partial charge in [0.05, 0.1) is 63.2 Å². The molecule has 2 heterocycles. The quantitative estimate of drug-likeness (QED) is 0.0301. The van der Waals surface area contributed by atoms with Gasteiger partial charge in [-0.1, -0.05) is 30.1 Å². The SMILES string of the molecule is C=CCOC12Oc3ccc(Oc4ccc(OC)c(C=O)c4)cc3C3C(CCCCO)C(CCCCO)C=C(C(=NOC4CCCCO4)CC1N(CCOCCO)C(=O)OCCCl)C32. The first-order valence-corrected chi connectivity index (χ1v) is 22.7. The molecule has 3 N–H and O–H groups in total. The van der Waals surface area contributed by atoms with Crippen LogP contribution in [0.3, 0.4) is 0 Å². The number of aldehydes is 1. The highest BCUT2D eigenvalue weighted by Gasteiger charge is 2.65. The Morgan fingerprint density at radius 2 is 1.81 bits per heavy atom. The van der Waals surface area contributed by atoms with Crippen molar-refractivity contribution in [2.75, 3.05) is 72.4 Å². The zero-order valence-electron chi connectivity index (χ0n) is 36.2. The molecule has 1 amide bonds. The zero-order chi connectivity index (χ0) is 44.6. The van der Waals surface area contributed by atoms with Crippen LogP contribution in [0.2, 0.25) is 0 Å². The summed E-state index contributed by atoms with van der Waals surface area (Å²) in [6, 6.07) is 9.78. The molecule has 2 aliphatic carbocycles. The van der Waals surface area contributed by atoms with Gasteiger partial charge < -0.3 is 53.3 Å². The number of aliphatic hydroxyl groups is 3. The number of hydrogen-bond acceptors (Lipinski definition) is 14. The Morgan fingerprint density at radius 3 is 2.52 bits per heavy atom. The fourth-order valence-corrected chi connectivity index (χ4v) is 9.62. The van der Waals surface area contributed by atoms with Crippen molar-refractivity contribution >= 4 is 29.7 Å². The minimum Gasteiger partial charge on any atom is -0.496 e. The number of carbonyl (C=O) groups is 2. The third-order valence-corrected chi connectivity index (χ3v) is 12.4. The lowest BCUT2D eigenvalue weighted by Crippen LogP contribution is -2.70. The summed E-state index contributed by atoms with van der Waals surface area (Å²) in [4.78, 5) is 34.0. The van der Waals surface area contributed by atoms with Crippen LogP contribution in [0.25, 0.3) is 0 Å². The van der Waals surface area contributed by atoms with Crippen molar-refractivity contribution in [3.8, 4) is 23.0 Å². The number of allylic oxidation sites excluding steroid dienone is 1. The molecule has 0 aromatic heterocycles. The van der Waals surface area contributed by atoms with Crippen LogP contribution in [-0.4, -0.2) is 129 Å². The highest BCUT2D eigenvalue weighted by Crippen LogP contribution is 2.62. The topological polar surface area (TPSA) is 184 Å². The fourth-order valence-electron chi connectivity index (χ4n) is 9.55. The van der Waals surface area contributed by atoms with E-state index < -0.39 is 30.1 Å². The van der Waals surface area contributed by atoms with E-state index in [4.69, 9.17) is 54.8 Å². The Kier molecular flexibility index (Phi) is 18.5. The van der Waals surface area contributed by atoms with E-state index in [-0.39, 0.29) is 82.8 Å². The number of hydrogen-bond donors (Lipinski definition) is 3. The zero-order valence-corrected chi connectivity index (χ0v) is 37.0. The van der Waals surface area contributed by atoms with Crippen molar-refractivity contribution in [1.82, 2.24) is 4.90 Å². The Balaban J connectivity index is 1.57. The molecule has 6 rings (SSSR count). The molecule has 2 aliphatic heterocycles. The highest BCUT2D eigenvalue weighted by molar-refractivity contribution is 6.18. The average Bonchev–Trinajstić information content (AvgIpc) is 3.31. The lowest BCUT2D eigenvalue weighted by atomic mass is 9.55. The summed E-state index contributed by atoms with van der Waals surface area (Å²) >= 11 is 6.04. The molecule has 346 valence electrons. The summed E-state index contributed by atoms with van der Waals surface area (Å²) in [7, 11) is 1.50. The van der Waals surface area contributed by atoms with Crippen molar-refractivity contribution in [1.29, 1.82) is 0 Å². The summed E-state index contributed by atoms with van der Waals surface area (Å²) in [6.45, 7) is 4.70. The van der Waals surface area contributed by atoms with Crippen LogP contribution < -0.4 is 14.2 Å². The van der Waals surface area contributed by atoms with E-state index in [2.05, 4.69) is 12.7 Å². The van der Waals surface area contributed by atoms with E-state index in [1.165, 1.54) is 7.11 Å². The Hall–Kier alpha value is -4.22. The number of amides is 1. The normalized spacial score (nSPS) is 25.5. The summed E-state index contributed by atoms with van der Waals surface area (Å²) in [5.74, 6) is -0.521. The van der Waals surface area contributed by atoms with Crippen molar-refractivity contribution in [3.05, 3.63) is 71.8 Å². The summed E-state index contributed by atoms with van der Waals surface area (Å²) < 4.78 is 43.5. The molecule has 2 aromatic carbocycles. The Labute approximate surface area is 374 Å². The number of halogens is 1. The van der Waals surface area contributed by atoms with Gasteiger partial charge in [-0.05, 0) is 92.3 Å². The third kappa shape index (κ3) is 11.5. The first-order chi connectivity index (χ1) is 30.9. The van der Waals surface area contributed by atoms with Gasteiger partial charge >= 0.3 is 6.09 Å². The van der Waals surface area contributed by atoms with Gasteiger partial charge in [0, 0.05) is 44.1 Å². The summed E-state index contributed by atoms with van der Waals surface area (Å²) in [5.41, 5.74) is 2.66. The van der Waals surface area contributed by atoms with Gasteiger partial charge in [-0.2, -0.15) is 0 Å². The Morgan fingerprint density at radius 1 is 1.02 bits per heavy atom. The molecular weight excluding hydrogens is 836 g/mol. The second-order valence-corrected chi connectivity index (χ2v) is 16.5. The highest BCUT2D eigenvalue weighted by atomic mass is 35.5. The molecule has 7 unspecified atom stereocenters. The molecule has 15 nitrogen and oxygen atoms in total. The maximum Gasteiger partial charge on any atom is 0.410 e. The van der Waals surface area contributed by atoms with Crippen LogP contribution in [0.5, 0.6) is 23.0 Å². The second-order valence-electron chi connectivity index (χ2n) is 16.1. The number of oxime groups is 1. The van der Waals surface area contributed by atoms with Gasteiger partial charge in [0.25, 0.3) is 0 Å². The van der Waals surface area contributed by atoms with Crippen molar-refractivity contribution in [2.45, 2.75) is 88.2 Å². The van der Waals surface area contributed by atoms with E-state index in [9.17, 15) is 24.9 Å². The van der Waals surface area contributed by atoms with E-state index in [0.29, 0.717) is 60.1 Å². The number of carbonyl (C=O) groups excluding carboxylic acids is 2. The number of aliphatic hydroxyl groups excluding tert-OH is 3. The predicted molar refractivity (Wildman–Crippen MR) is 235 cm³/mol. The number of benzene rings is 2. The largest absolute Gasteiger partial charge is 0.496 e. The molecule has 1 saturated carbocycles. The third-order valence-electron chi connectivity index (χ3n) is 12.3. The molecule has 2 aromatic rings. The number of ether oxygens (including phenoxy) is 7. The van der Waals surface area contributed by atoms with E-state index >= 15 is 0 Å². The molecule has 63 heavy (non-hydrogen) atoms. The van der Waals surface area contributed by atoms with Gasteiger partial charge in [0.1, 0.15) is 35.6 Å². The summed E-state index contributed by atoms with van der Waals surface area (Å²) in [5, 5.41) is 34.3. The molecule has 16 heteroatoms. The first kappa shape index (κ1) is 48.2. The Bertz CT molecular complexity index is 1870. The monoisotopic (exact) mass is 898 g/mol. The number of fused-ring (bicyclic) bond motifs is 2. The second kappa shape index (κ2) is 24.2. The summed E-state index contributed by atoms with van der Waals surface area (Å²) in [6.07, 6.45) is 10.4. The van der Waals surface area contributed by atoms with Gasteiger partial charge in [0.15, 0.2) is 6.29 Å². The predicted octanol–water partition coefficient (Wildman–Crippen LogP) is 7.15. The van der Waals surface area contributed by atoms with Gasteiger partial charge in [-0.25, -0.2) is 4.79 Å². The minimum atomic E-state index is -1.54. The molecule has 4 aliphatic rings. The minimum absolute atomic E-state index is 0.000195. The van der Waals surface area contributed by atoms with Crippen LogP contribution in [0, 0.1) is 17.8 Å². The average molecular weight is 899 g/mol. The van der Waals surface area contributed by atoms with Gasteiger partial charge in [-0.15, -0.1) is 18.2 Å². The van der Waals surface area contributed by atoms with Crippen molar-refractivity contribution < 1.29 is 62.9 Å². The molecule has 0 bridgehead atoms. The number of rotatable bonds is 25. The maximum atomic E-state index is 14.3. The van der Waals surface area contributed by atoms with Crippen LogP contribution in [0.15, 0.2) is 65.9 Å². The number of methoxy groups -OCH3 is 1. The van der Waals surface area contributed by atoms with Crippen LogP contribution in [-0.2, 0) is 23.8 Å². The lowest BCUT2D eigenvalue weighted by molar-refractivity contribution is -0.256.